The molecule has 34 heavy (non-hydrogen) atoms. The zero-order chi connectivity index (χ0) is 23.8. The molecule has 0 unspecified atom stereocenters. The number of halogens is 1. The highest BCUT2D eigenvalue weighted by molar-refractivity contribution is 6.31. The second-order valence-corrected chi connectivity index (χ2v) is 7.70. The molecule has 0 spiro atoms. The van der Waals surface area contributed by atoms with Gasteiger partial charge in [0.2, 0.25) is 11.6 Å². The summed E-state index contributed by atoms with van der Waals surface area (Å²) in [6.07, 6.45) is 1.31. The van der Waals surface area contributed by atoms with Crippen LogP contribution in [0.3, 0.4) is 0 Å². The van der Waals surface area contributed by atoms with Crippen molar-refractivity contribution in [2.75, 3.05) is 7.11 Å². The maximum absolute atomic E-state index is 13.3. The molecule has 0 saturated heterocycles. The Morgan fingerprint density at radius 1 is 1.15 bits per heavy atom. The van der Waals surface area contributed by atoms with E-state index >= 15 is 0 Å². The third-order valence-electron chi connectivity index (χ3n) is 5.19. The highest BCUT2D eigenvalue weighted by Crippen LogP contribution is 2.31. The van der Waals surface area contributed by atoms with Crippen LogP contribution in [-0.2, 0) is 0 Å². The fourth-order valence-corrected chi connectivity index (χ4v) is 3.83. The van der Waals surface area contributed by atoms with E-state index < -0.39 is 10.5 Å². The third kappa shape index (κ3) is 3.67. The van der Waals surface area contributed by atoms with Crippen LogP contribution in [-0.4, -0.2) is 27.9 Å². The molecule has 3 aromatic carbocycles. The Balaban J connectivity index is 1.73. The van der Waals surface area contributed by atoms with Crippen molar-refractivity contribution in [1.29, 1.82) is 0 Å². The minimum atomic E-state index is -0.551. The Labute approximate surface area is 196 Å². The summed E-state index contributed by atoms with van der Waals surface area (Å²) in [7, 11) is 1.33. The van der Waals surface area contributed by atoms with Crippen LogP contribution in [0.15, 0.2) is 81.0 Å². The average molecular weight is 475 g/mol. The standard InChI is InChI=1S/C24H15ClN4O5/c1-33-22-14(5-4-8-19(22)29(31)32)13-26-28-23(27-18-7-3-2-6-17(18)24(28)30)21-12-15-11-16(25)9-10-20(15)34-21/h2-13H,1H3. The summed E-state index contributed by atoms with van der Waals surface area (Å²) in [4.78, 5) is 28.8. The smallest absolute Gasteiger partial charge is 0.311 e. The lowest BCUT2D eigenvalue weighted by atomic mass is 10.2. The minimum absolute atomic E-state index is 0.0259. The molecule has 0 N–H and O–H groups in total. The number of nitro benzene ring substituents is 1. The Morgan fingerprint density at radius 3 is 2.76 bits per heavy atom. The van der Waals surface area contributed by atoms with Gasteiger partial charge in [-0.05, 0) is 42.5 Å². The molecule has 2 heterocycles. The second-order valence-electron chi connectivity index (χ2n) is 7.26. The van der Waals surface area contributed by atoms with Crippen molar-refractivity contribution < 1.29 is 14.1 Å². The largest absolute Gasteiger partial charge is 0.490 e. The number of para-hydroxylation sites is 2. The van der Waals surface area contributed by atoms with E-state index in [9.17, 15) is 14.9 Å². The van der Waals surface area contributed by atoms with E-state index in [1.807, 2.05) is 0 Å². The number of benzene rings is 3. The number of methoxy groups -OCH3 is 1. The first-order valence-corrected chi connectivity index (χ1v) is 10.4. The summed E-state index contributed by atoms with van der Waals surface area (Å²) < 4.78 is 12.3. The number of fused-ring (bicyclic) bond motifs is 2. The van der Waals surface area contributed by atoms with Crippen LogP contribution < -0.4 is 10.3 Å². The maximum Gasteiger partial charge on any atom is 0.311 e. The molecule has 0 aliphatic heterocycles. The van der Waals surface area contributed by atoms with Gasteiger partial charge >= 0.3 is 5.69 Å². The molecule has 5 rings (SSSR count). The molecule has 9 nitrogen and oxygen atoms in total. The number of nitro groups is 1. The van der Waals surface area contributed by atoms with Gasteiger partial charge < -0.3 is 9.15 Å². The predicted molar refractivity (Wildman–Crippen MR) is 129 cm³/mol. The molecule has 5 aromatic rings. The molecule has 0 radical (unpaired) electrons. The van der Waals surface area contributed by atoms with Crippen molar-refractivity contribution in [2.24, 2.45) is 5.10 Å². The molecular weight excluding hydrogens is 460 g/mol. The highest BCUT2D eigenvalue weighted by atomic mass is 35.5. The molecule has 0 fully saturated rings. The first-order chi connectivity index (χ1) is 16.5. The van der Waals surface area contributed by atoms with Gasteiger partial charge in [-0.2, -0.15) is 9.78 Å². The summed E-state index contributed by atoms with van der Waals surface area (Å²) in [5.74, 6) is 0.498. The zero-order valence-electron chi connectivity index (χ0n) is 17.6. The van der Waals surface area contributed by atoms with Gasteiger partial charge in [-0.3, -0.25) is 14.9 Å². The molecule has 0 saturated carbocycles. The maximum atomic E-state index is 13.3. The van der Waals surface area contributed by atoms with Crippen molar-refractivity contribution in [1.82, 2.24) is 9.66 Å². The van der Waals surface area contributed by atoms with Gasteiger partial charge in [-0.25, -0.2) is 4.98 Å². The Hall–Kier alpha value is -4.50. The van der Waals surface area contributed by atoms with Crippen LogP contribution in [0.1, 0.15) is 5.56 Å². The minimum Gasteiger partial charge on any atom is -0.490 e. The Morgan fingerprint density at radius 2 is 1.97 bits per heavy atom. The second kappa shape index (κ2) is 8.45. The number of hydrogen-bond acceptors (Lipinski definition) is 7. The highest BCUT2D eigenvalue weighted by Gasteiger charge is 2.19. The molecule has 0 atom stereocenters. The summed E-state index contributed by atoms with van der Waals surface area (Å²) in [5, 5.41) is 17.3. The normalized spacial score (nSPS) is 11.5. The average Bonchev–Trinajstić information content (AvgIpc) is 3.26. The fraction of sp³-hybridized carbons (Fsp3) is 0.0417. The van der Waals surface area contributed by atoms with Crippen molar-refractivity contribution in [3.05, 3.63) is 97.8 Å². The molecule has 10 heteroatoms. The first-order valence-electron chi connectivity index (χ1n) is 10.0. The monoisotopic (exact) mass is 474 g/mol. The van der Waals surface area contributed by atoms with E-state index in [0.717, 1.165) is 10.1 Å². The number of aromatic nitrogens is 2. The molecule has 168 valence electrons. The van der Waals surface area contributed by atoms with Crippen LogP contribution in [0.25, 0.3) is 33.5 Å². The molecule has 0 bridgehead atoms. The number of nitrogens with zero attached hydrogens (tertiary/aromatic N) is 4. The molecular formula is C24H15ClN4O5. The third-order valence-corrected chi connectivity index (χ3v) is 5.43. The van der Waals surface area contributed by atoms with Crippen LogP contribution >= 0.6 is 11.6 Å². The van der Waals surface area contributed by atoms with Gasteiger partial charge in [0.25, 0.3) is 5.56 Å². The van der Waals surface area contributed by atoms with Crippen LogP contribution in [0.4, 0.5) is 5.69 Å². The van der Waals surface area contributed by atoms with E-state index in [1.54, 1.807) is 54.6 Å². The number of hydrogen-bond donors (Lipinski definition) is 0. The number of furan rings is 1. The van der Waals surface area contributed by atoms with Crippen LogP contribution in [0.5, 0.6) is 5.75 Å². The topological polar surface area (TPSA) is 113 Å². The van der Waals surface area contributed by atoms with E-state index in [-0.39, 0.29) is 17.3 Å². The molecule has 0 aliphatic carbocycles. The molecule has 2 aromatic heterocycles. The summed E-state index contributed by atoms with van der Waals surface area (Å²) in [6.45, 7) is 0. The number of ether oxygens (including phenoxy) is 1. The lowest BCUT2D eigenvalue weighted by molar-refractivity contribution is -0.385. The predicted octanol–water partition coefficient (Wildman–Crippen LogP) is 5.26. The summed E-state index contributed by atoms with van der Waals surface area (Å²) in [6, 6.07) is 18.2. The zero-order valence-corrected chi connectivity index (χ0v) is 18.4. The quantitative estimate of drug-likeness (QED) is 0.195. The summed E-state index contributed by atoms with van der Waals surface area (Å²) in [5.41, 5.74) is 0.710. The fourth-order valence-electron chi connectivity index (χ4n) is 3.64. The van der Waals surface area contributed by atoms with Gasteiger partial charge in [0.05, 0.1) is 29.2 Å². The van der Waals surface area contributed by atoms with E-state index in [0.29, 0.717) is 32.8 Å². The van der Waals surface area contributed by atoms with Gasteiger partial charge in [0.1, 0.15) is 5.58 Å². The lowest BCUT2D eigenvalue weighted by Gasteiger charge is -2.08. The van der Waals surface area contributed by atoms with Gasteiger partial charge in [-0.1, -0.05) is 29.8 Å². The van der Waals surface area contributed by atoms with Crippen LogP contribution in [0, 0.1) is 10.1 Å². The van der Waals surface area contributed by atoms with Crippen molar-refractivity contribution in [3.63, 3.8) is 0 Å². The Kier molecular flexibility index (Phi) is 5.31. The van der Waals surface area contributed by atoms with Crippen molar-refractivity contribution in [3.8, 4) is 17.3 Å². The first kappa shape index (κ1) is 21.4. The number of rotatable bonds is 5. The summed E-state index contributed by atoms with van der Waals surface area (Å²) >= 11 is 6.09. The van der Waals surface area contributed by atoms with Gasteiger partial charge in [0, 0.05) is 22.0 Å². The van der Waals surface area contributed by atoms with Crippen LogP contribution in [0.2, 0.25) is 5.02 Å². The molecule has 0 aliphatic rings. The Bertz CT molecular complexity index is 1670. The van der Waals surface area contributed by atoms with E-state index in [1.165, 1.54) is 25.5 Å². The van der Waals surface area contributed by atoms with Crippen molar-refractivity contribution >= 4 is 45.4 Å². The van der Waals surface area contributed by atoms with E-state index in [4.69, 9.17) is 20.8 Å². The van der Waals surface area contributed by atoms with E-state index in [2.05, 4.69) is 10.1 Å². The van der Waals surface area contributed by atoms with Gasteiger partial charge in [-0.15, -0.1) is 0 Å². The molecule has 0 amide bonds. The lowest BCUT2D eigenvalue weighted by Crippen LogP contribution is -2.20. The van der Waals surface area contributed by atoms with Gasteiger partial charge in [0.15, 0.2) is 5.76 Å². The van der Waals surface area contributed by atoms with Crippen molar-refractivity contribution in [2.45, 2.75) is 0 Å². The SMILES string of the molecule is COc1c(C=Nn2c(-c3cc4cc(Cl)ccc4o3)nc3ccccc3c2=O)cccc1[N+](=O)[O-].